The van der Waals surface area contributed by atoms with Gasteiger partial charge in [0.25, 0.3) is 5.91 Å². The zero-order valence-corrected chi connectivity index (χ0v) is 14.3. The van der Waals surface area contributed by atoms with Crippen LogP contribution in [-0.4, -0.2) is 35.7 Å². The molecule has 6 nitrogen and oxygen atoms in total. The summed E-state index contributed by atoms with van der Waals surface area (Å²) in [6.07, 6.45) is 0.644. The van der Waals surface area contributed by atoms with E-state index in [0.29, 0.717) is 17.9 Å². The molecule has 23 heavy (non-hydrogen) atoms. The lowest BCUT2D eigenvalue weighted by molar-refractivity contribution is -0.146. The number of hydrogen-bond donors (Lipinski definition) is 2. The van der Waals surface area contributed by atoms with Crippen molar-refractivity contribution in [3.05, 3.63) is 24.3 Å². The maximum absolute atomic E-state index is 12.5. The van der Waals surface area contributed by atoms with E-state index in [-0.39, 0.29) is 5.92 Å². The Labute approximate surface area is 136 Å². The summed E-state index contributed by atoms with van der Waals surface area (Å²) in [6.45, 7) is 6.84. The second-order valence-electron chi connectivity index (χ2n) is 5.94. The van der Waals surface area contributed by atoms with Crippen LogP contribution in [0.5, 0.6) is 11.5 Å². The van der Waals surface area contributed by atoms with Crippen LogP contribution in [0.15, 0.2) is 24.3 Å². The number of ether oxygens (including phenoxy) is 2. The van der Waals surface area contributed by atoms with Crippen LogP contribution in [0.3, 0.4) is 0 Å². The van der Waals surface area contributed by atoms with Crippen molar-refractivity contribution in [2.75, 3.05) is 7.11 Å². The fraction of sp³-hybridized carbons (Fsp3) is 0.529. The molecule has 128 valence electrons. The Kier molecular flexibility index (Phi) is 6.42. The van der Waals surface area contributed by atoms with Crippen LogP contribution in [0.4, 0.5) is 0 Å². The molecule has 0 saturated carbocycles. The molecule has 0 aliphatic carbocycles. The van der Waals surface area contributed by atoms with Gasteiger partial charge in [-0.15, -0.1) is 0 Å². The van der Waals surface area contributed by atoms with Gasteiger partial charge in [-0.3, -0.25) is 4.79 Å². The van der Waals surface area contributed by atoms with Gasteiger partial charge in [-0.05, 0) is 31.9 Å². The number of methoxy groups -OCH3 is 1. The number of nitrogens with one attached hydrogen (secondary N) is 1. The minimum absolute atomic E-state index is 0.182. The Morgan fingerprint density at radius 2 is 1.83 bits per heavy atom. The molecule has 0 fully saturated rings. The minimum Gasteiger partial charge on any atom is -0.493 e. The van der Waals surface area contributed by atoms with E-state index < -0.39 is 23.5 Å². The van der Waals surface area contributed by atoms with Crippen LogP contribution < -0.4 is 14.8 Å². The average Bonchev–Trinajstić information content (AvgIpc) is 2.51. The molecule has 0 spiro atoms. The zero-order valence-electron chi connectivity index (χ0n) is 14.3. The van der Waals surface area contributed by atoms with E-state index >= 15 is 0 Å². The van der Waals surface area contributed by atoms with Gasteiger partial charge in [0.15, 0.2) is 17.1 Å². The lowest BCUT2D eigenvalue weighted by Gasteiger charge is -2.29. The number of carbonyl (C=O) groups is 2. The van der Waals surface area contributed by atoms with Gasteiger partial charge in [-0.1, -0.05) is 32.4 Å². The molecular weight excluding hydrogens is 298 g/mol. The number of carboxylic acids is 1. The first-order chi connectivity index (χ1) is 10.7. The highest BCUT2D eigenvalue weighted by Crippen LogP contribution is 2.29. The first-order valence-corrected chi connectivity index (χ1v) is 7.58. The predicted molar refractivity (Wildman–Crippen MR) is 86.7 cm³/mol. The summed E-state index contributed by atoms with van der Waals surface area (Å²) in [6, 6.07) is 6.03. The standard InChI is InChI=1S/C17H25NO5/c1-6-11(2)14(15(19)20)18-16(21)17(3,4)23-13-10-8-7-9-12(13)22-5/h7-11,14H,6H2,1-5H3,(H,18,21)(H,19,20). The normalized spacial score (nSPS) is 13.8. The maximum Gasteiger partial charge on any atom is 0.326 e. The van der Waals surface area contributed by atoms with Crippen molar-refractivity contribution in [2.45, 2.75) is 45.8 Å². The molecular formula is C17H25NO5. The molecule has 2 N–H and O–H groups in total. The van der Waals surface area contributed by atoms with Gasteiger partial charge < -0.3 is 19.9 Å². The first kappa shape index (κ1) is 18.8. The summed E-state index contributed by atoms with van der Waals surface area (Å²) >= 11 is 0. The number of benzene rings is 1. The molecule has 1 rings (SSSR count). The monoisotopic (exact) mass is 323 g/mol. The second kappa shape index (κ2) is 7.85. The maximum atomic E-state index is 12.5. The minimum atomic E-state index is -1.24. The van der Waals surface area contributed by atoms with Crippen molar-refractivity contribution in [1.29, 1.82) is 0 Å². The number of carboxylic acid groups (broad SMARTS) is 1. The van der Waals surface area contributed by atoms with Crippen molar-refractivity contribution in [1.82, 2.24) is 5.32 Å². The van der Waals surface area contributed by atoms with Gasteiger partial charge >= 0.3 is 5.97 Å². The molecule has 2 atom stereocenters. The lowest BCUT2D eigenvalue weighted by atomic mass is 9.98. The molecule has 2 unspecified atom stereocenters. The molecule has 1 aromatic carbocycles. The first-order valence-electron chi connectivity index (χ1n) is 7.58. The third-order valence-corrected chi connectivity index (χ3v) is 3.75. The topological polar surface area (TPSA) is 84.9 Å². The summed E-state index contributed by atoms with van der Waals surface area (Å²) in [5.74, 6) is -0.800. The molecule has 6 heteroatoms. The van der Waals surface area contributed by atoms with E-state index in [1.807, 2.05) is 6.92 Å². The van der Waals surface area contributed by atoms with Crippen LogP contribution in [-0.2, 0) is 9.59 Å². The molecule has 0 radical (unpaired) electrons. The van der Waals surface area contributed by atoms with Crippen molar-refractivity contribution in [2.24, 2.45) is 5.92 Å². The van der Waals surface area contributed by atoms with Gasteiger partial charge in [0.1, 0.15) is 6.04 Å². The third-order valence-electron chi connectivity index (χ3n) is 3.75. The number of rotatable bonds is 8. The second-order valence-corrected chi connectivity index (χ2v) is 5.94. The van der Waals surface area contributed by atoms with E-state index in [9.17, 15) is 14.7 Å². The molecule has 0 saturated heterocycles. The molecule has 0 aliphatic heterocycles. The van der Waals surface area contributed by atoms with Crippen LogP contribution in [0.1, 0.15) is 34.1 Å². The van der Waals surface area contributed by atoms with Crippen molar-refractivity contribution < 1.29 is 24.2 Å². The zero-order chi connectivity index (χ0) is 17.6. The number of hydrogen-bond acceptors (Lipinski definition) is 4. The van der Waals surface area contributed by atoms with Gasteiger partial charge in [0, 0.05) is 0 Å². The fourth-order valence-corrected chi connectivity index (χ4v) is 2.02. The molecule has 1 aromatic rings. The fourth-order valence-electron chi connectivity index (χ4n) is 2.02. The third kappa shape index (κ3) is 4.87. The summed E-state index contributed by atoms with van der Waals surface area (Å²) in [7, 11) is 1.51. The van der Waals surface area contributed by atoms with E-state index in [2.05, 4.69) is 5.32 Å². The van der Waals surface area contributed by atoms with E-state index in [1.165, 1.54) is 7.11 Å². The molecule has 0 aliphatic rings. The Balaban J connectivity index is 2.90. The predicted octanol–water partition coefficient (Wildman–Crippen LogP) is 2.47. The van der Waals surface area contributed by atoms with Gasteiger partial charge in [-0.25, -0.2) is 4.79 Å². The van der Waals surface area contributed by atoms with Crippen LogP contribution in [0, 0.1) is 5.92 Å². The lowest BCUT2D eigenvalue weighted by Crippen LogP contribution is -2.54. The van der Waals surface area contributed by atoms with Gasteiger partial charge in [0.05, 0.1) is 7.11 Å². The summed E-state index contributed by atoms with van der Waals surface area (Å²) in [5.41, 5.74) is -1.24. The summed E-state index contributed by atoms with van der Waals surface area (Å²) < 4.78 is 10.9. The molecule has 1 amide bonds. The average molecular weight is 323 g/mol. The highest BCUT2D eigenvalue weighted by molar-refractivity contribution is 5.89. The van der Waals surface area contributed by atoms with Crippen molar-refractivity contribution in [3.63, 3.8) is 0 Å². The van der Waals surface area contributed by atoms with Gasteiger partial charge in [0.2, 0.25) is 0 Å². The highest BCUT2D eigenvalue weighted by Gasteiger charge is 2.35. The Morgan fingerprint density at radius 1 is 1.26 bits per heavy atom. The molecule has 0 bridgehead atoms. The number of amides is 1. The van der Waals surface area contributed by atoms with Crippen molar-refractivity contribution >= 4 is 11.9 Å². The largest absolute Gasteiger partial charge is 0.493 e. The Morgan fingerprint density at radius 3 is 2.30 bits per heavy atom. The van der Waals surface area contributed by atoms with E-state index in [4.69, 9.17) is 9.47 Å². The molecule has 0 heterocycles. The van der Waals surface area contributed by atoms with Crippen LogP contribution in [0.2, 0.25) is 0 Å². The number of para-hydroxylation sites is 2. The number of carbonyl (C=O) groups excluding carboxylic acids is 1. The van der Waals surface area contributed by atoms with Crippen LogP contribution >= 0.6 is 0 Å². The van der Waals surface area contributed by atoms with Crippen molar-refractivity contribution in [3.8, 4) is 11.5 Å². The van der Waals surface area contributed by atoms with E-state index in [0.717, 1.165) is 0 Å². The van der Waals surface area contributed by atoms with Crippen LogP contribution in [0.25, 0.3) is 0 Å². The quantitative estimate of drug-likeness (QED) is 0.767. The summed E-state index contributed by atoms with van der Waals surface area (Å²) in [4.78, 5) is 23.8. The highest BCUT2D eigenvalue weighted by atomic mass is 16.5. The van der Waals surface area contributed by atoms with Gasteiger partial charge in [-0.2, -0.15) is 0 Å². The summed E-state index contributed by atoms with van der Waals surface area (Å²) in [5, 5.41) is 11.8. The molecule has 0 aromatic heterocycles. The Hall–Kier alpha value is -2.24. The van der Waals surface area contributed by atoms with E-state index in [1.54, 1.807) is 45.0 Å². The Bertz CT molecular complexity index is 556. The number of aliphatic carboxylic acids is 1. The smallest absolute Gasteiger partial charge is 0.326 e. The SMILES string of the molecule is CCC(C)C(NC(=O)C(C)(C)Oc1ccccc1OC)C(=O)O.